The van der Waals surface area contributed by atoms with Crippen LogP contribution in [0.25, 0.3) is 0 Å². The van der Waals surface area contributed by atoms with Gasteiger partial charge in [-0.3, -0.25) is 14.5 Å². The molecule has 4 rings (SSSR count). The number of nitrogens with two attached hydrogens (primary N) is 1. The van der Waals surface area contributed by atoms with Crippen LogP contribution in [0.4, 0.5) is 0 Å². The number of rotatable bonds is 4. The van der Waals surface area contributed by atoms with Crippen molar-refractivity contribution in [1.29, 1.82) is 0 Å². The third-order valence-electron chi connectivity index (χ3n) is 5.75. The number of carbonyl (C=O) groups is 1. The highest BCUT2D eigenvalue weighted by atomic mass is 32.2. The Kier molecular flexibility index (Phi) is 4.48. The molecule has 1 saturated carbocycles. The van der Waals surface area contributed by atoms with Gasteiger partial charge in [-0.15, -0.1) is 0 Å². The predicted molar refractivity (Wildman–Crippen MR) is 98.2 cm³/mol. The summed E-state index contributed by atoms with van der Waals surface area (Å²) < 4.78 is 26.6. The molecule has 0 aromatic heterocycles. The molecule has 1 aromatic rings. The van der Waals surface area contributed by atoms with E-state index in [4.69, 9.17) is 5.73 Å². The molecule has 1 amide bonds. The maximum absolute atomic E-state index is 12.4. The molecular formula is C18H24N4O3S. The highest BCUT2D eigenvalue weighted by Crippen LogP contribution is 2.37. The number of likely N-dealkylation sites (tertiary alicyclic amines) is 1. The molecule has 3 unspecified atom stereocenters. The Morgan fingerprint density at radius 3 is 2.88 bits per heavy atom. The smallest absolute Gasteiger partial charge is 0.263 e. The Hall–Kier alpha value is -1.93. The molecule has 0 bridgehead atoms. The summed E-state index contributed by atoms with van der Waals surface area (Å²) in [6, 6.07) is 7.02. The fourth-order valence-electron chi connectivity index (χ4n) is 4.34. The predicted octanol–water partition coefficient (Wildman–Crippen LogP) is 0.701. The lowest BCUT2D eigenvalue weighted by Gasteiger charge is -2.18. The van der Waals surface area contributed by atoms with Crippen LogP contribution in [0.15, 0.2) is 34.2 Å². The molecule has 2 fully saturated rings. The van der Waals surface area contributed by atoms with Crippen LogP contribution < -0.4 is 10.5 Å². The summed E-state index contributed by atoms with van der Waals surface area (Å²) >= 11 is 0. The van der Waals surface area contributed by atoms with Crippen molar-refractivity contribution in [2.24, 2.45) is 22.6 Å². The number of fused-ring (bicyclic) bond motifs is 2. The van der Waals surface area contributed by atoms with E-state index in [-0.39, 0.29) is 16.8 Å². The summed E-state index contributed by atoms with van der Waals surface area (Å²) in [4.78, 5) is 19.0. The molecule has 7 nitrogen and oxygen atoms in total. The van der Waals surface area contributed by atoms with Gasteiger partial charge in [-0.05, 0) is 43.2 Å². The molecule has 140 valence electrons. The van der Waals surface area contributed by atoms with Gasteiger partial charge in [0, 0.05) is 37.7 Å². The van der Waals surface area contributed by atoms with Gasteiger partial charge in [0.2, 0.25) is 5.91 Å². The van der Waals surface area contributed by atoms with Gasteiger partial charge in [-0.2, -0.15) is 0 Å². The monoisotopic (exact) mass is 376 g/mol. The van der Waals surface area contributed by atoms with E-state index >= 15 is 0 Å². The zero-order valence-corrected chi connectivity index (χ0v) is 15.4. The number of amides is 1. The quantitative estimate of drug-likeness (QED) is 0.755. The number of benzene rings is 1. The van der Waals surface area contributed by atoms with Gasteiger partial charge >= 0.3 is 0 Å². The van der Waals surface area contributed by atoms with E-state index in [1.807, 2.05) is 4.90 Å². The summed E-state index contributed by atoms with van der Waals surface area (Å²) in [6.07, 6.45) is 3.24. The minimum atomic E-state index is -3.50. The summed E-state index contributed by atoms with van der Waals surface area (Å²) in [6.45, 7) is 2.03. The van der Waals surface area contributed by atoms with Gasteiger partial charge in [-0.1, -0.05) is 12.1 Å². The second-order valence-corrected chi connectivity index (χ2v) is 9.05. The first kappa shape index (κ1) is 17.5. The first-order valence-corrected chi connectivity index (χ1v) is 10.6. The second kappa shape index (κ2) is 6.66. The first-order valence-electron chi connectivity index (χ1n) is 9.16. The number of nitrogens with one attached hydrogen (secondary N) is 1. The molecule has 2 heterocycles. The number of amidine groups is 1. The van der Waals surface area contributed by atoms with Crippen LogP contribution in [0.5, 0.6) is 0 Å². The van der Waals surface area contributed by atoms with Crippen molar-refractivity contribution in [3.05, 3.63) is 29.8 Å². The zero-order valence-electron chi connectivity index (χ0n) is 14.6. The molecule has 0 spiro atoms. The van der Waals surface area contributed by atoms with E-state index in [9.17, 15) is 13.2 Å². The molecule has 3 atom stereocenters. The van der Waals surface area contributed by atoms with Crippen molar-refractivity contribution in [3.63, 3.8) is 0 Å². The van der Waals surface area contributed by atoms with Crippen molar-refractivity contribution in [2.75, 3.05) is 19.6 Å². The van der Waals surface area contributed by atoms with Crippen molar-refractivity contribution in [3.8, 4) is 0 Å². The molecule has 1 aliphatic carbocycles. The molecule has 1 saturated heterocycles. The lowest BCUT2D eigenvalue weighted by atomic mass is 9.98. The van der Waals surface area contributed by atoms with Gasteiger partial charge in [-0.25, -0.2) is 8.42 Å². The Labute approximate surface area is 153 Å². The molecule has 3 N–H and O–H groups in total. The van der Waals surface area contributed by atoms with Crippen molar-refractivity contribution in [1.82, 2.24) is 9.62 Å². The number of sulfonamides is 1. The number of carbonyl (C=O) groups excluding carboxylic acids is 1. The van der Waals surface area contributed by atoms with Crippen LogP contribution in [-0.4, -0.2) is 50.7 Å². The molecule has 26 heavy (non-hydrogen) atoms. The fourth-order valence-corrected chi connectivity index (χ4v) is 5.59. The van der Waals surface area contributed by atoms with E-state index in [0.29, 0.717) is 42.6 Å². The largest absolute Gasteiger partial charge is 0.342 e. The van der Waals surface area contributed by atoms with Gasteiger partial charge in [0.25, 0.3) is 10.0 Å². The summed E-state index contributed by atoms with van der Waals surface area (Å²) in [5.41, 5.74) is 6.72. The Bertz CT molecular complexity index is 852. The minimum Gasteiger partial charge on any atom is -0.342 e. The Morgan fingerprint density at radius 2 is 2.08 bits per heavy atom. The fraction of sp³-hybridized carbons (Fsp3) is 0.556. The molecule has 1 aromatic carbocycles. The van der Waals surface area contributed by atoms with E-state index < -0.39 is 10.0 Å². The average molecular weight is 376 g/mol. The summed E-state index contributed by atoms with van der Waals surface area (Å²) in [7, 11) is -3.50. The standard InChI is InChI=1S/C18H24N4O3S/c19-15-8-7-12-10-22(11-14(12)15)17(23)6-3-9-20-18-13-4-1-2-5-16(13)26(24,25)21-18/h1-2,4-5,12,14-15H,3,6-11,19H2,(H,20,21). The van der Waals surface area contributed by atoms with Crippen LogP contribution in [0, 0.1) is 11.8 Å². The number of hydrogen-bond donors (Lipinski definition) is 2. The molecule has 3 aliphatic rings. The summed E-state index contributed by atoms with van der Waals surface area (Å²) in [5.74, 6) is 1.55. The SMILES string of the molecule is NC1CCC2CN(C(=O)CCCN=C3NS(=O)(=O)c4ccccc43)CC12. The molecule has 0 radical (unpaired) electrons. The third-order valence-corrected chi connectivity index (χ3v) is 7.14. The van der Waals surface area contributed by atoms with Crippen molar-refractivity contribution < 1.29 is 13.2 Å². The highest BCUT2D eigenvalue weighted by Gasteiger charge is 2.42. The van der Waals surface area contributed by atoms with Crippen LogP contribution in [0.1, 0.15) is 31.2 Å². The molecule has 2 aliphatic heterocycles. The van der Waals surface area contributed by atoms with Gasteiger partial charge in [0.1, 0.15) is 5.84 Å². The van der Waals surface area contributed by atoms with Crippen LogP contribution in [0.3, 0.4) is 0 Å². The van der Waals surface area contributed by atoms with Crippen LogP contribution in [-0.2, 0) is 14.8 Å². The lowest BCUT2D eigenvalue weighted by molar-refractivity contribution is -0.130. The maximum atomic E-state index is 12.4. The Balaban J connectivity index is 1.31. The van der Waals surface area contributed by atoms with Gasteiger partial charge < -0.3 is 10.6 Å². The second-order valence-electron chi connectivity index (χ2n) is 7.40. The number of hydrogen-bond acceptors (Lipinski definition) is 5. The molecule has 8 heteroatoms. The van der Waals surface area contributed by atoms with Crippen molar-refractivity contribution in [2.45, 2.75) is 36.6 Å². The van der Waals surface area contributed by atoms with Crippen LogP contribution >= 0.6 is 0 Å². The number of aliphatic imine (C=N–C) groups is 1. The van der Waals surface area contributed by atoms with Gasteiger partial charge in [0.05, 0.1) is 4.90 Å². The van der Waals surface area contributed by atoms with E-state index in [1.54, 1.807) is 24.3 Å². The minimum absolute atomic E-state index is 0.152. The van der Waals surface area contributed by atoms with Crippen LogP contribution in [0.2, 0.25) is 0 Å². The molecular weight excluding hydrogens is 352 g/mol. The normalized spacial score (nSPS) is 30.3. The van der Waals surface area contributed by atoms with E-state index in [0.717, 1.165) is 25.9 Å². The lowest BCUT2D eigenvalue weighted by Crippen LogP contribution is -2.33. The zero-order chi connectivity index (χ0) is 18.3. The number of nitrogens with zero attached hydrogens (tertiary/aromatic N) is 2. The summed E-state index contributed by atoms with van der Waals surface area (Å²) in [5, 5.41) is 0. The topological polar surface area (TPSA) is 105 Å². The van der Waals surface area contributed by atoms with E-state index in [2.05, 4.69) is 9.71 Å². The average Bonchev–Trinajstić information content (AvgIpc) is 3.26. The maximum Gasteiger partial charge on any atom is 0.263 e. The first-order chi connectivity index (χ1) is 12.5. The van der Waals surface area contributed by atoms with Gasteiger partial charge in [0.15, 0.2) is 0 Å². The van der Waals surface area contributed by atoms with E-state index in [1.165, 1.54) is 0 Å². The Morgan fingerprint density at radius 1 is 1.27 bits per heavy atom. The highest BCUT2D eigenvalue weighted by molar-refractivity contribution is 7.90. The third kappa shape index (κ3) is 3.12. The van der Waals surface area contributed by atoms with Crippen molar-refractivity contribution >= 4 is 21.8 Å².